The van der Waals surface area contributed by atoms with Crippen molar-refractivity contribution in [1.29, 1.82) is 0 Å². The number of carbonyl (C=O) groups is 1. The standard InChI is InChI=1S/C24H24N4O2S3/c1-4-27(14-17-8-6-5-7-9-17)19(29)15-32-23-25-21-20(22(30)26(23)3)33-24(31)28(21)18-12-10-16(2)11-13-18/h5-13H,4,14-15H2,1-3H3. The largest absolute Gasteiger partial charge is 0.338 e. The lowest BCUT2D eigenvalue weighted by molar-refractivity contribution is -0.128. The predicted molar refractivity (Wildman–Crippen MR) is 138 cm³/mol. The molecule has 2 heterocycles. The van der Waals surface area contributed by atoms with Crippen LogP contribution >= 0.6 is 35.3 Å². The Hall–Kier alpha value is -2.75. The maximum atomic E-state index is 13.0. The highest BCUT2D eigenvalue weighted by Crippen LogP contribution is 2.26. The number of thiazole rings is 1. The smallest absolute Gasteiger partial charge is 0.273 e. The summed E-state index contributed by atoms with van der Waals surface area (Å²) in [5, 5.41) is 0.491. The van der Waals surface area contributed by atoms with Crippen LogP contribution in [-0.4, -0.2) is 37.2 Å². The highest BCUT2D eigenvalue weighted by Gasteiger charge is 2.18. The molecule has 0 aliphatic heterocycles. The van der Waals surface area contributed by atoms with E-state index in [1.807, 2.05) is 73.0 Å². The topological polar surface area (TPSA) is 60.1 Å². The zero-order valence-corrected chi connectivity index (χ0v) is 21.1. The van der Waals surface area contributed by atoms with Crippen LogP contribution < -0.4 is 5.56 Å². The van der Waals surface area contributed by atoms with Gasteiger partial charge >= 0.3 is 0 Å². The van der Waals surface area contributed by atoms with Crippen molar-refractivity contribution >= 4 is 51.6 Å². The molecular formula is C24H24N4O2S3. The van der Waals surface area contributed by atoms with Gasteiger partial charge in [0.1, 0.15) is 4.70 Å². The van der Waals surface area contributed by atoms with E-state index in [1.165, 1.54) is 27.7 Å². The van der Waals surface area contributed by atoms with Gasteiger partial charge in [-0.05, 0) is 43.8 Å². The van der Waals surface area contributed by atoms with Crippen LogP contribution in [0, 0.1) is 10.9 Å². The first-order valence-corrected chi connectivity index (χ1v) is 12.7. The summed E-state index contributed by atoms with van der Waals surface area (Å²) >= 11 is 8.09. The third-order valence-corrected chi connectivity index (χ3v) is 7.71. The average Bonchev–Trinajstić information content (AvgIpc) is 3.15. The summed E-state index contributed by atoms with van der Waals surface area (Å²) in [6.07, 6.45) is 0. The fraction of sp³-hybridized carbons (Fsp3) is 0.250. The molecule has 6 nitrogen and oxygen atoms in total. The molecule has 1 amide bonds. The summed E-state index contributed by atoms with van der Waals surface area (Å²) in [5.74, 6) is 0.198. The van der Waals surface area contributed by atoms with E-state index in [-0.39, 0.29) is 17.2 Å². The lowest BCUT2D eigenvalue weighted by Crippen LogP contribution is -2.32. The van der Waals surface area contributed by atoms with Gasteiger partial charge in [-0.3, -0.25) is 18.7 Å². The Morgan fingerprint density at radius 1 is 1.15 bits per heavy atom. The second kappa shape index (κ2) is 10.0. The number of hydrogen-bond acceptors (Lipinski definition) is 6. The van der Waals surface area contributed by atoms with Gasteiger partial charge in [0.2, 0.25) is 5.91 Å². The molecule has 4 aromatic rings. The lowest BCUT2D eigenvalue weighted by Gasteiger charge is -2.21. The number of amides is 1. The summed E-state index contributed by atoms with van der Waals surface area (Å²) in [4.78, 5) is 32.5. The molecule has 2 aromatic carbocycles. The number of rotatable bonds is 7. The van der Waals surface area contributed by atoms with Crippen molar-refractivity contribution in [2.24, 2.45) is 7.05 Å². The molecule has 0 aliphatic carbocycles. The van der Waals surface area contributed by atoms with Crippen molar-refractivity contribution in [1.82, 2.24) is 19.0 Å². The van der Waals surface area contributed by atoms with Crippen LogP contribution in [0.1, 0.15) is 18.1 Å². The van der Waals surface area contributed by atoms with E-state index in [1.54, 1.807) is 11.9 Å². The van der Waals surface area contributed by atoms with E-state index < -0.39 is 0 Å². The van der Waals surface area contributed by atoms with Crippen molar-refractivity contribution in [3.8, 4) is 5.69 Å². The third-order valence-electron chi connectivity index (χ3n) is 5.34. The summed E-state index contributed by atoms with van der Waals surface area (Å²) in [6, 6.07) is 17.9. The molecule has 0 saturated carbocycles. The number of hydrogen-bond donors (Lipinski definition) is 0. The minimum Gasteiger partial charge on any atom is -0.338 e. The number of carbonyl (C=O) groups excluding carboxylic acids is 1. The Kier molecular flexibility index (Phi) is 7.11. The minimum absolute atomic E-state index is 0.00128. The molecule has 0 aliphatic rings. The van der Waals surface area contributed by atoms with Gasteiger partial charge in [0.25, 0.3) is 5.56 Å². The molecule has 0 radical (unpaired) electrons. The predicted octanol–water partition coefficient (Wildman–Crippen LogP) is 4.96. The van der Waals surface area contributed by atoms with Gasteiger partial charge in [-0.2, -0.15) is 0 Å². The lowest BCUT2D eigenvalue weighted by atomic mass is 10.2. The average molecular weight is 497 g/mol. The molecule has 0 fully saturated rings. The second-order valence-electron chi connectivity index (χ2n) is 7.63. The number of aryl methyl sites for hydroxylation is 1. The number of nitrogens with zero attached hydrogens (tertiary/aromatic N) is 4. The Bertz CT molecular complexity index is 1410. The highest BCUT2D eigenvalue weighted by molar-refractivity contribution is 7.99. The third kappa shape index (κ3) is 4.95. The first kappa shape index (κ1) is 23.4. The highest BCUT2D eigenvalue weighted by atomic mass is 32.2. The monoisotopic (exact) mass is 496 g/mol. The molecule has 0 spiro atoms. The van der Waals surface area contributed by atoms with Crippen LogP contribution in [0.4, 0.5) is 0 Å². The van der Waals surface area contributed by atoms with Crippen molar-refractivity contribution < 1.29 is 4.79 Å². The first-order valence-electron chi connectivity index (χ1n) is 10.5. The molecule has 2 aromatic heterocycles. The summed E-state index contributed by atoms with van der Waals surface area (Å²) < 4.78 is 4.41. The van der Waals surface area contributed by atoms with E-state index in [4.69, 9.17) is 17.2 Å². The fourth-order valence-electron chi connectivity index (χ4n) is 3.46. The van der Waals surface area contributed by atoms with E-state index in [0.29, 0.717) is 32.5 Å². The maximum absolute atomic E-state index is 13.0. The van der Waals surface area contributed by atoms with Gasteiger partial charge < -0.3 is 4.90 Å². The number of fused-ring (bicyclic) bond motifs is 1. The van der Waals surface area contributed by atoms with Crippen molar-refractivity contribution in [3.05, 3.63) is 80.0 Å². The molecule has 0 bridgehead atoms. The zero-order valence-electron chi connectivity index (χ0n) is 18.6. The van der Waals surface area contributed by atoms with E-state index >= 15 is 0 Å². The second-order valence-corrected chi connectivity index (χ2v) is 10.2. The van der Waals surface area contributed by atoms with Gasteiger partial charge in [-0.25, -0.2) is 4.98 Å². The SMILES string of the molecule is CCN(Cc1ccccc1)C(=O)CSc1nc2c(sc(=S)n2-c2ccc(C)cc2)c(=O)n1C. The molecule has 9 heteroatoms. The molecule has 0 saturated heterocycles. The van der Waals surface area contributed by atoms with Gasteiger partial charge in [-0.15, -0.1) is 0 Å². The summed E-state index contributed by atoms with van der Waals surface area (Å²) in [6.45, 7) is 5.15. The Morgan fingerprint density at radius 3 is 2.52 bits per heavy atom. The van der Waals surface area contributed by atoms with Crippen LogP contribution in [0.3, 0.4) is 0 Å². The molecule has 0 N–H and O–H groups in total. The van der Waals surface area contributed by atoms with Gasteiger partial charge in [0, 0.05) is 25.8 Å². The van der Waals surface area contributed by atoms with Gasteiger partial charge in [0.05, 0.1) is 5.75 Å². The maximum Gasteiger partial charge on any atom is 0.273 e. The van der Waals surface area contributed by atoms with Gasteiger partial charge in [-0.1, -0.05) is 71.1 Å². The Morgan fingerprint density at radius 2 is 1.85 bits per heavy atom. The van der Waals surface area contributed by atoms with Crippen molar-refractivity contribution in [2.75, 3.05) is 12.3 Å². The van der Waals surface area contributed by atoms with Crippen LogP contribution in [-0.2, 0) is 18.4 Å². The summed E-state index contributed by atoms with van der Waals surface area (Å²) in [7, 11) is 1.68. The van der Waals surface area contributed by atoms with Gasteiger partial charge in [0.15, 0.2) is 14.8 Å². The number of aromatic nitrogens is 3. The molecule has 0 unspecified atom stereocenters. The van der Waals surface area contributed by atoms with Crippen LogP contribution in [0.25, 0.3) is 16.0 Å². The number of thioether (sulfide) groups is 1. The van der Waals surface area contributed by atoms with Crippen molar-refractivity contribution in [3.63, 3.8) is 0 Å². The fourth-order valence-corrected chi connectivity index (χ4v) is 5.67. The molecule has 33 heavy (non-hydrogen) atoms. The zero-order chi connectivity index (χ0) is 23.5. The molecule has 170 valence electrons. The molecule has 0 atom stereocenters. The number of benzene rings is 2. The molecular weight excluding hydrogens is 472 g/mol. The van der Waals surface area contributed by atoms with Crippen molar-refractivity contribution in [2.45, 2.75) is 25.5 Å². The quantitative estimate of drug-likeness (QED) is 0.206. The van der Waals surface area contributed by atoms with E-state index in [9.17, 15) is 9.59 Å². The summed E-state index contributed by atoms with van der Waals surface area (Å²) in [5.41, 5.74) is 3.46. The first-order chi connectivity index (χ1) is 15.9. The molecule has 4 rings (SSSR count). The van der Waals surface area contributed by atoms with Crippen LogP contribution in [0.2, 0.25) is 0 Å². The van der Waals surface area contributed by atoms with Crippen LogP contribution in [0.15, 0.2) is 64.5 Å². The van der Waals surface area contributed by atoms with E-state index in [0.717, 1.165) is 16.8 Å². The Balaban J connectivity index is 1.62. The van der Waals surface area contributed by atoms with E-state index in [2.05, 4.69) is 0 Å². The van der Waals surface area contributed by atoms with Crippen LogP contribution in [0.5, 0.6) is 0 Å². The normalized spacial score (nSPS) is 11.1. The Labute approximate surface area is 205 Å². The minimum atomic E-state index is -0.159.